The molecule has 1 saturated carbocycles. The molecule has 0 amide bonds. The van der Waals surface area contributed by atoms with Crippen LogP contribution in [0.3, 0.4) is 0 Å². The zero-order valence-electron chi connectivity index (χ0n) is 11.5. The smallest absolute Gasteiger partial charge is 0.0682 e. The van der Waals surface area contributed by atoms with E-state index in [0.717, 1.165) is 28.2 Å². The highest BCUT2D eigenvalue weighted by Gasteiger charge is 2.21. The third-order valence-electron chi connectivity index (χ3n) is 3.93. The Morgan fingerprint density at radius 1 is 0.750 bits per heavy atom. The second-order valence-corrected chi connectivity index (χ2v) is 5.70. The maximum atomic E-state index is 9.30. The second kappa shape index (κ2) is 5.78. The molecule has 0 saturated heterocycles. The van der Waals surface area contributed by atoms with E-state index in [0.29, 0.717) is 0 Å². The highest BCUT2D eigenvalue weighted by molar-refractivity contribution is 5.65. The molecule has 2 nitrogen and oxygen atoms in total. The Hall–Kier alpha value is -1.64. The molecule has 104 valence electrons. The lowest BCUT2D eigenvalue weighted by Crippen LogP contribution is -1.92. The van der Waals surface area contributed by atoms with E-state index in [4.69, 9.17) is 0 Å². The molecule has 2 aromatic rings. The molecule has 0 bridgehead atoms. The van der Waals surface area contributed by atoms with E-state index in [1.165, 1.54) is 24.8 Å². The summed E-state index contributed by atoms with van der Waals surface area (Å²) >= 11 is 0. The van der Waals surface area contributed by atoms with Crippen LogP contribution >= 0.6 is 0 Å². The van der Waals surface area contributed by atoms with Crippen LogP contribution < -0.4 is 0 Å². The predicted molar refractivity (Wildman–Crippen MR) is 80.2 cm³/mol. The molecule has 20 heavy (non-hydrogen) atoms. The minimum absolute atomic E-state index is 0.000599. The summed E-state index contributed by atoms with van der Waals surface area (Å²) in [4.78, 5) is 0. The van der Waals surface area contributed by atoms with Crippen LogP contribution in [0.2, 0.25) is 0 Å². The van der Waals surface area contributed by atoms with Crippen molar-refractivity contribution in [2.24, 2.45) is 5.92 Å². The van der Waals surface area contributed by atoms with Crippen molar-refractivity contribution in [2.75, 3.05) is 0 Å². The zero-order valence-corrected chi connectivity index (χ0v) is 11.5. The number of hydrogen-bond acceptors (Lipinski definition) is 2. The summed E-state index contributed by atoms with van der Waals surface area (Å²) < 4.78 is 0. The van der Waals surface area contributed by atoms with Crippen molar-refractivity contribution in [1.29, 1.82) is 0 Å². The molecule has 1 fully saturated rings. The monoisotopic (exact) mass is 268 g/mol. The van der Waals surface area contributed by atoms with E-state index >= 15 is 0 Å². The third kappa shape index (κ3) is 3.09. The lowest BCUT2D eigenvalue weighted by Gasteiger charge is -2.08. The van der Waals surface area contributed by atoms with Crippen LogP contribution in [0.25, 0.3) is 11.1 Å². The minimum atomic E-state index is 0.000599. The van der Waals surface area contributed by atoms with Gasteiger partial charge in [0, 0.05) is 0 Å². The Bertz CT molecular complexity index is 561. The summed E-state index contributed by atoms with van der Waals surface area (Å²) in [6.45, 7) is 0.00120. The Morgan fingerprint density at radius 3 is 1.85 bits per heavy atom. The molecular weight excluding hydrogens is 248 g/mol. The van der Waals surface area contributed by atoms with Crippen molar-refractivity contribution in [3.63, 3.8) is 0 Å². The Morgan fingerprint density at radius 2 is 1.35 bits per heavy atom. The van der Waals surface area contributed by atoms with Gasteiger partial charge in [-0.15, -0.1) is 0 Å². The first-order chi connectivity index (χ1) is 9.78. The number of aliphatic hydroxyl groups excluding tert-OH is 2. The van der Waals surface area contributed by atoms with Gasteiger partial charge in [0.25, 0.3) is 0 Å². The van der Waals surface area contributed by atoms with Crippen molar-refractivity contribution in [3.8, 4) is 11.1 Å². The van der Waals surface area contributed by atoms with E-state index < -0.39 is 0 Å². The first-order valence-electron chi connectivity index (χ1n) is 7.22. The fraction of sp³-hybridized carbons (Fsp3) is 0.333. The minimum Gasteiger partial charge on any atom is -0.392 e. The molecule has 0 heterocycles. The van der Waals surface area contributed by atoms with Crippen molar-refractivity contribution >= 4 is 0 Å². The van der Waals surface area contributed by atoms with Crippen molar-refractivity contribution in [1.82, 2.24) is 0 Å². The molecule has 2 heteroatoms. The van der Waals surface area contributed by atoms with Crippen LogP contribution in [-0.4, -0.2) is 10.2 Å². The van der Waals surface area contributed by atoms with E-state index in [9.17, 15) is 10.2 Å². The van der Waals surface area contributed by atoms with Crippen LogP contribution in [0.4, 0.5) is 0 Å². The van der Waals surface area contributed by atoms with Gasteiger partial charge in [0.05, 0.1) is 13.2 Å². The van der Waals surface area contributed by atoms with Crippen molar-refractivity contribution in [3.05, 3.63) is 59.2 Å². The summed E-state index contributed by atoms with van der Waals surface area (Å²) in [5.41, 5.74) is 5.27. The molecule has 3 rings (SSSR count). The lowest BCUT2D eigenvalue weighted by molar-refractivity contribution is 0.275. The molecule has 0 atom stereocenters. The topological polar surface area (TPSA) is 40.5 Å². The van der Waals surface area contributed by atoms with E-state index in [1.807, 2.05) is 18.2 Å². The molecule has 0 aliphatic heterocycles. The Kier molecular flexibility index (Phi) is 3.86. The molecule has 1 aliphatic rings. The SMILES string of the molecule is OCc1cc(CO)cc(-c2ccc(CC3CC3)cc2)c1. The molecule has 0 spiro atoms. The van der Waals surface area contributed by atoms with Gasteiger partial charge in [-0.2, -0.15) is 0 Å². The van der Waals surface area contributed by atoms with Crippen molar-refractivity contribution in [2.45, 2.75) is 32.5 Å². The molecule has 0 unspecified atom stereocenters. The van der Waals surface area contributed by atoms with Gasteiger partial charge >= 0.3 is 0 Å². The van der Waals surface area contributed by atoms with Crippen molar-refractivity contribution < 1.29 is 10.2 Å². The summed E-state index contributed by atoms with van der Waals surface area (Å²) in [6.07, 6.45) is 3.94. The number of aliphatic hydroxyl groups is 2. The van der Waals surface area contributed by atoms with Gasteiger partial charge in [0.1, 0.15) is 0 Å². The van der Waals surface area contributed by atoms with Crippen LogP contribution in [0.5, 0.6) is 0 Å². The van der Waals surface area contributed by atoms with Gasteiger partial charge in [-0.3, -0.25) is 0 Å². The Balaban J connectivity index is 1.86. The zero-order chi connectivity index (χ0) is 13.9. The van der Waals surface area contributed by atoms with Gasteiger partial charge in [0.2, 0.25) is 0 Å². The average molecular weight is 268 g/mol. The largest absolute Gasteiger partial charge is 0.392 e. The quantitative estimate of drug-likeness (QED) is 0.873. The molecule has 2 N–H and O–H groups in total. The highest BCUT2D eigenvalue weighted by Crippen LogP contribution is 2.33. The molecule has 0 aromatic heterocycles. The average Bonchev–Trinajstić information content (AvgIpc) is 3.31. The molecular formula is C18H20O2. The third-order valence-corrected chi connectivity index (χ3v) is 3.93. The normalized spacial score (nSPS) is 14.5. The summed E-state index contributed by atoms with van der Waals surface area (Å²) in [6, 6.07) is 14.5. The maximum Gasteiger partial charge on any atom is 0.0682 e. The molecule has 1 aliphatic carbocycles. The van der Waals surface area contributed by atoms with Crippen LogP contribution in [0.15, 0.2) is 42.5 Å². The number of benzene rings is 2. The van der Waals surface area contributed by atoms with Crippen LogP contribution in [0, 0.1) is 5.92 Å². The highest BCUT2D eigenvalue weighted by atomic mass is 16.3. The summed E-state index contributed by atoms with van der Waals surface area (Å²) in [5.74, 6) is 0.902. The van der Waals surface area contributed by atoms with Gasteiger partial charge in [0.15, 0.2) is 0 Å². The summed E-state index contributed by atoms with van der Waals surface area (Å²) in [5, 5.41) is 18.6. The van der Waals surface area contributed by atoms with Gasteiger partial charge in [-0.05, 0) is 65.1 Å². The number of rotatable bonds is 5. The van der Waals surface area contributed by atoms with E-state index in [-0.39, 0.29) is 13.2 Å². The molecule has 0 radical (unpaired) electrons. The van der Waals surface area contributed by atoms with Gasteiger partial charge < -0.3 is 10.2 Å². The van der Waals surface area contributed by atoms with Crippen LogP contribution in [0.1, 0.15) is 29.5 Å². The second-order valence-electron chi connectivity index (χ2n) is 5.70. The summed E-state index contributed by atoms with van der Waals surface area (Å²) in [7, 11) is 0. The van der Waals surface area contributed by atoms with Gasteiger partial charge in [-0.25, -0.2) is 0 Å². The maximum absolute atomic E-state index is 9.30. The van der Waals surface area contributed by atoms with Gasteiger partial charge in [-0.1, -0.05) is 30.3 Å². The standard InChI is InChI=1S/C18H20O2/c19-11-15-8-16(12-20)10-18(9-15)17-5-3-14(4-6-17)7-13-1-2-13/h3-6,8-10,13,19-20H,1-2,7,11-12H2. The first-order valence-corrected chi connectivity index (χ1v) is 7.22. The van der Waals surface area contributed by atoms with Crippen LogP contribution in [-0.2, 0) is 19.6 Å². The van der Waals surface area contributed by atoms with E-state index in [1.54, 1.807) is 0 Å². The lowest BCUT2D eigenvalue weighted by atomic mass is 9.98. The number of hydrogen-bond donors (Lipinski definition) is 2. The fourth-order valence-electron chi connectivity index (χ4n) is 2.60. The van der Waals surface area contributed by atoms with E-state index in [2.05, 4.69) is 24.3 Å². The predicted octanol–water partition coefficient (Wildman–Crippen LogP) is 3.29. The Labute approximate surface area is 119 Å². The first kappa shape index (κ1) is 13.3. The fourth-order valence-corrected chi connectivity index (χ4v) is 2.60. The molecule has 2 aromatic carbocycles.